The Bertz CT molecular complexity index is 2240. The van der Waals surface area contributed by atoms with Gasteiger partial charge in [0.15, 0.2) is 23.3 Å². The van der Waals surface area contributed by atoms with Gasteiger partial charge in [0, 0.05) is 17.0 Å². The lowest BCUT2D eigenvalue weighted by Gasteiger charge is -2.50. The molecule has 5 nitrogen and oxygen atoms in total. The van der Waals surface area contributed by atoms with E-state index >= 15 is 0 Å². The zero-order valence-electron chi connectivity index (χ0n) is 29.1. The van der Waals surface area contributed by atoms with E-state index in [1.54, 1.807) is 20.8 Å². The summed E-state index contributed by atoms with van der Waals surface area (Å²) in [6.07, 6.45) is 0. The highest BCUT2D eigenvalue weighted by molar-refractivity contribution is 5.93. The average molecular weight is 713 g/mol. The van der Waals surface area contributed by atoms with Gasteiger partial charge in [0.1, 0.15) is 29.4 Å². The molecule has 0 fully saturated rings. The Labute approximate surface area is 297 Å². The number of benzene rings is 5. The first-order valence-corrected chi connectivity index (χ1v) is 16.6. The first kappa shape index (κ1) is 34.9. The highest BCUT2D eigenvalue weighted by atomic mass is 19.2. The molecule has 8 rings (SSSR count). The van der Waals surface area contributed by atoms with Crippen molar-refractivity contribution in [2.24, 2.45) is 5.41 Å². The summed E-state index contributed by atoms with van der Waals surface area (Å²) >= 11 is 0. The number of hydrogen-bond acceptors (Lipinski definition) is 5. The third-order valence-corrected chi connectivity index (χ3v) is 10.1. The Hall–Kier alpha value is -5.51. The summed E-state index contributed by atoms with van der Waals surface area (Å²) in [4.78, 5) is 27.0. The van der Waals surface area contributed by atoms with Crippen LogP contribution in [0.5, 0.6) is 17.2 Å². The second-order valence-electron chi connectivity index (χ2n) is 14.3. The van der Waals surface area contributed by atoms with Gasteiger partial charge in [0.2, 0.25) is 5.82 Å². The molecule has 0 radical (unpaired) electrons. The van der Waals surface area contributed by atoms with Gasteiger partial charge in [-0.3, -0.25) is 4.79 Å². The van der Waals surface area contributed by atoms with Gasteiger partial charge in [-0.15, -0.1) is 0 Å². The Morgan fingerprint density at radius 2 is 1.19 bits per heavy atom. The van der Waals surface area contributed by atoms with Crippen LogP contribution in [0.15, 0.2) is 72.8 Å². The number of aryl methyl sites for hydroxylation is 2. The maximum absolute atomic E-state index is 14.9. The third kappa shape index (κ3) is 5.18. The molecule has 0 aromatic heterocycles. The Kier molecular flexibility index (Phi) is 8.27. The van der Waals surface area contributed by atoms with Gasteiger partial charge in [-0.2, -0.15) is 0 Å². The lowest BCUT2D eigenvalue weighted by molar-refractivity contribution is -0.143. The molecule has 0 saturated carbocycles. The topological polar surface area (TPSA) is 61.8 Å². The van der Waals surface area contributed by atoms with Crippen molar-refractivity contribution in [2.75, 3.05) is 6.61 Å². The van der Waals surface area contributed by atoms with E-state index in [1.165, 1.54) is 12.1 Å². The summed E-state index contributed by atoms with van der Waals surface area (Å²) in [5.74, 6) is -14.1. The average Bonchev–Trinajstić information content (AvgIpc) is 3.11. The molecule has 0 unspecified atom stereocenters. The number of carbonyl (C=O) groups is 2. The zero-order valence-corrected chi connectivity index (χ0v) is 29.1. The maximum Gasteiger partial charge on any atom is 0.349 e. The summed E-state index contributed by atoms with van der Waals surface area (Å²) < 4.78 is 90.7. The molecule has 0 spiro atoms. The van der Waals surface area contributed by atoms with Crippen LogP contribution >= 0.6 is 0 Å². The molecule has 3 aliphatic rings. The number of hydrogen-bond donors (Lipinski definition) is 0. The number of rotatable bonds is 6. The molecule has 52 heavy (non-hydrogen) atoms. The fourth-order valence-corrected chi connectivity index (χ4v) is 7.34. The number of esters is 2. The van der Waals surface area contributed by atoms with Crippen LogP contribution in [0.1, 0.15) is 87.1 Å². The first-order valence-electron chi connectivity index (χ1n) is 16.6. The van der Waals surface area contributed by atoms with Crippen LogP contribution in [0.25, 0.3) is 0 Å². The fraction of sp³-hybridized carbons (Fsp3) is 0.238. The van der Waals surface area contributed by atoms with Gasteiger partial charge >= 0.3 is 11.9 Å². The maximum atomic E-state index is 14.9. The molecule has 3 aliphatic carbocycles. The molecule has 2 bridgehead atoms. The molecule has 5 aromatic rings. The van der Waals surface area contributed by atoms with E-state index in [0.29, 0.717) is 11.3 Å². The Morgan fingerprint density at radius 3 is 1.73 bits per heavy atom. The molecule has 0 amide bonds. The third-order valence-electron chi connectivity index (χ3n) is 10.1. The Balaban J connectivity index is 1.51. The summed E-state index contributed by atoms with van der Waals surface area (Å²) in [5.41, 5.74) is 3.06. The van der Waals surface area contributed by atoms with Gasteiger partial charge in [0.25, 0.3) is 0 Å². The molecular weight excluding hydrogens is 679 g/mol. The van der Waals surface area contributed by atoms with Crippen molar-refractivity contribution in [3.63, 3.8) is 0 Å². The van der Waals surface area contributed by atoms with Crippen LogP contribution in [0.3, 0.4) is 0 Å². The predicted octanol–water partition coefficient (Wildman–Crippen LogP) is 9.70. The van der Waals surface area contributed by atoms with E-state index in [4.69, 9.17) is 14.2 Å². The smallest absolute Gasteiger partial charge is 0.349 e. The van der Waals surface area contributed by atoms with Gasteiger partial charge in [-0.1, -0.05) is 48.5 Å². The van der Waals surface area contributed by atoms with E-state index in [9.17, 15) is 31.5 Å². The van der Waals surface area contributed by atoms with Gasteiger partial charge in [0.05, 0.1) is 10.8 Å². The van der Waals surface area contributed by atoms with E-state index in [-0.39, 0.29) is 23.7 Å². The minimum atomic E-state index is -2.41. The molecular formula is C42H33F5O5. The van der Waals surface area contributed by atoms with Crippen molar-refractivity contribution in [3.8, 4) is 17.2 Å². The Morgan fingerprint density at radius 1 is 0.692 bits per heavy atom. The van der Waals surface area contributed by atoms with Gasteiger partial charge in [-0.05, 0) is 105 Å². The van der Waals surface area contributed by atoms with Crippen molar-refractivity contribution in [2.45, 2.75) is 52.9 Å². The quantitative estimate of drug-likeness (QED) is 0.0577. The van der Waals surface area contributed by atoms with Crippen molar-refractivity contribution in [3.05, 3.63) is 158 Å². The lowest BCUT2D eigenvalue weighted by atomic mass is 9.53. The molecule has 10 heteroatoms. The summed E-state index contributed by atoms with van der Waals surface area (Å²) in [6, 6.07) is 21.6. The standard InChI is InChI=1S/C42H33F5O5/c1-20-17-23(18-21(2)22(20)3)50-19-42-26-13-9-7-11-24(26)30(25-12-8-10-14-27(25)42)31-28(52-40(49)41(4,5)6)15-16-29(33(31)42)51-39(48)32-34(43)36(45)38(47)37(46)35(32)44/h7-18,30H,19H2,1-6H3. The summed E-state index contributed by atoms with van der Waals surface area (Å²) in [7, 11) is 0. The predicted molar refractivity (Wildman–Crippen MR) is 183 cm³/mol. The lowest BCUT2D eigenvalue weighted by Crippen LogP contribution is -2.47. The number of carbonyl (C=O) groups excluding carboxylic acids is 2. The van der Waals surface area contributed by atoms with Crippen LogP contribution < -0.4 is 14.2 Å². The van der Waals surface area contributed by atoms with E-state index in [0.717, 1.165) is 38.9 Å². The van der Waals surface area contributed by atoms with E-state index in [2.05, 4.69) is 0 Å². The monoisotopic (exact) mass is 712 g/mol. The minimum absolute atomic E-state index is 0.0908. The molecule has 5 aromatic carbocycles. The van der Waals surface area contributed by atoms with Crippen LogP contribution in [0, 0.1) is 55.3 Å². The van der Waals surface area contributed by atoms with Crippen LogP contribution in [0.2, 0.25) is 0 Å². The van der Waals surface area contributed by atoms with E-state index < -0.39 is 63.3 Å². The fourth-order valence-electron chi connectivity index (χ4n) is 7.34. The second-order valence-corrected chi connectivity index (χ2v) is 14.3. The van der Waals surface area contributed by atoms with Gasteiger partial charge < -0.3 is 14.2 Å². The zero-order chi connectivity index (χ0) is 37.4. The van der Waals surface area contributed by atoms with Crippen LogP contribution in [-0.2, 0) is 10.2 Å². The largest absolute Gasteiger partial charge is 0.492 e. The molecule has 0 N–H and O–H groups in total. The molecule has 0 heterocycles. The molecule has 0 saturated heterocycles. The van der Waals surface area contributed by atoms with Crippen molar-refractivity contribution >= 4 is 11.9 Å². The van der Waals surface area contributed by atoms with Crippen molar-refractivity contribution < 1.29 is 45.8 Å². The van der Waals surface area contributed by atoms with Crippen LogP contribution in [0.4, 0.5) is 22.0 Å². The first-order chi connectivity index (χ1) is 24.6. The van der Waals surface area contributed by atoms with Crippen molar-refractivity contribution in [1.29, 1.82) is 0 Å². The highest BCUT2D eigenvalue weighted by Crippen LogP contribution is 2.63. The number of ether oxygens (including phenoxy) is 3. The van der Waals surface area contributed by atoms with Gasteiger partial charge in [-0.25, -0.2) is 26.7 Å². The van der Waals surface area contributed by atoms with Crippen molar-refractivity contribution in [1.82, 2.24) is 0 Å². The van der Waals surface area contributed by atoms with E-state index in [1.807, 2.05) is 81.4 Å². The summed E-state index contributed by atoms with van der Waals surface area (Å²) in [5, 5.41) is 0. The van der Waals surface area contributed by atoms with Crippen LogP contribution in [-0.4, -0.2) is 18.5 Å². The normalized spacial score (nSPS) is 16.9. The molecule has 0 aliphatic heterocycles. The number of halogens is 5. The second kappa shape index (κ2) is 12.3. The summed E-state index contributed by atoms with van der Waals surface area (Å²) in [6.45, 7) is 10.9. The SMILES string of the molecule is Cc1cc(OCC23c4ccccc4C(c4ccccc42)c2c(OC(=O)C(C)(C)C)ccc(OC(=O)c4c(F)c(F)c(F)c(F)c4F)c23)cc(C)c1C. The molecule has 266 valence electrons. The minimum Gasteiger partial charge on any atom is -0.492 e. The highest BCUT2D eigenvalue weighted by Gasteiger charge is 2.55. The molecule has 0 atom stereocenters.